The maximum Gasteiger partial charge on any atom is 0.472 e. The first-order chi connectivity index (χ1) is 30.1. The van der Waals surface area contributed by atoms with Gasteiger partial charge in [-0.15, -0.1) is 0 Å². The number of carboxylic acid groups (broad SMARTS) is 1. The first kappa shape index (κ1) is 58.9. The molecule has 0 heterocycles. The highest BCUT2D eigenvalue weighted by Gasteiger charge is 2.28. The Bertz CT molecular complexity index is 1320. The number of phosphoric acid groups is 1. The van der Waals surface area contributed by atoms with Gasteiger partial charge in [0.15, 0.2) is 6.04 Å². The van der Waals surface area contributed by atoms with Gasteiger partial charge < -0.3 is 25.2 Å². The third kappa shape index (κ3) is 43.6. The van der Waals surface area contributed by atoms with Crippen LogP contribution < -0.4 is 5.32 Å². The summed E-state index contributed by atoms with van der Waals surface area (Å²) in [4.78, 5) is 46.0. The van der Waals surface area contributed by atoms with Crippen LogP contribution in [0.5, 0.6) is 0 Å². The number of aliphatic carboxylic acids is 1. The number of aliphatic hydroxyl groups is 1. The minimum atomic E-state index is -4.77. The first-order valence-electron chi connectivity index (χ1n) is 24.0. The monoisotopic (exact) mass is 892 g/mol. The summed E-state index contributed by atoms with van der Waals surface area (Å²) in [6.07, 6.45) is 53.4. The van der Waals surface area contributed by atoms with E-state index in [1.165, 1.54) is 51.4 Å². The van der Waals surface area contributed by atoms with Crippen LogP contribution in [0.15, 0.2) is 72.9 Å². The maximum absolute atomic E-state index is 12.3. The van der Waals surface area contributed by atoms with Crippen molar-refractivity contribution in [2.24, 2.45) is 0 Å². The molecule has 0 aliphatic rings. The number of ether oxygens (including phenoxy) is 1. The molecule has 0 rings (SSSR count). The van der Waals surface area contributed by atoms with Crippen molar-refractivity contribution in [1.29, 1.82) is 0 Å². The van der Waals surface area contributed by atoms with Crippen LogP contribution in [0.2, 0.25) is 0 Å². The molecule has 1 amide bonds. The van der Waals surface area contributed by atoms with E-state index in [0.29, 0.717) is 12.8 Å². The second-order valence-electron chi connectivity index (χ2n) is 15.9. The number of amides is 1. The van der Waals surface area contributed by atoms with Gasteiger partial charge in [0.25, 0.3) is 0 Å². The Hall–Kier alpha value is -3.08. The highest BCUT2D eigenvalue weighted by molar-refractivity contribution is 7.47. The van der Waals surface area contributed by atoms with Crippen LogP contribution in [-0.2, 0) is 32.7 Å². The normalized spacial score (nSPS) is 14.3. The lowest BCUT2D eigenvalue weighted by atomic mass is 10.1. The molecule has 0 aliphatic carbocycles. The quantitative estimate of drug-likeness (QED) is 0.0200. The van der Waals surface area contributed by atoms with Gasteiger partial charge in [0, 0.05) is 12.8 Å². The van der Waals surface area contributed by atoms with E-state index in [-0.39, 0.29) is 12.8 Å². The summed E-state index contributed by atoms with van der Waals surface area (Å²) in [5.41, 5.74) is 0. The van der Waals surface area contributed by atoms with Gasteiger partial charge in [0.05, 0.1) is 13.2 Å². The van der Waals surface area contributed by atoms with E-state index in [1.54, 1.807) is 0 Å². The highest BCUT2D eigenvalue weighted by Crippen LogP contribution is 2.43. The van der Waals surface area contributed by atoms with E-state index < -0.39 is 57.6 Å². The molecule has 0 aliphatic heterocycles. The van der Waals surface area contributed by atoms with Crippen LogP contribution in [0.1, 0.15) is 194 Å². The second kappa shape index (κ2) is 44.5. The van der Waals surface area contributed by atoms with Crippen LogP contribution in [0.3, 0.4) is 0 Å². The summed E-state index contributed by atoms with van der Waals surface area (Å²) in [5.74, 6) is -2.41. The van der Waals surface area contributed by atoms with E-state index in [9.17, 15) is 34.1 Å². The van der Waals surface area contributed by atoms with Gasteiger partial charge in [-0.1, -0.05) is 164 Å². The third-order valence-electron chi connectivity index (χ3n) is 9.97. The van der Waals surface area contributed by atoms with Crippen LogP contribution in [0, 0.1) is 0 Å². The van der Waals surface area contributed by atoms with Crippen molar-refractivity contribution in [1.82, 2.24) is 5.32 Å². The molecule has 3 atom stereocenters. The predicted octanol–water partition coefficient (Wildman–Crippen LogP) is 12.9. The zero-order valence-corrected chi connectivity index (χ0v) is 39.5. The van der Waals surface area contributed by atoms with Crippen molar-refractivity contribution in [3.63, 3.8) is 0 Å². The summed E-state index contributed by atoms with van der Waals surface area (Å²) in [6.45, 7) is 2.52. The minimum absolute atomic E-state index is 0.127. The lowest BCUT2D eigenvalue weighted by Gasteiger charge is -2.18. The number of carbonyl (C=O) groups excluding carboxylic acids is 2. The van der Waals surface area contributed by atoms with Crippen LogP contribution >= 0.6 is 7.82 Å². The summed E-state index contributed by atoms with van der Waals surface area (Å²) in [6, 6.07) is -1.56. The molecule has 0 saturated carbocycles. The molecule has 0 aromatic heterocycles. The molecule has 0 aromatic carbocycles. The van der Waals surface area contributed by atoms with Crippen molar-refractivity contribution in [2.45, 2.75) is 206 Å². The molecule has 0 spiro atoms. The number of hydrogen-bond donors (Lipinski definition) is 4. The Labute approximate surface area is 376 Å². The van der Waals surface area contributed by atoms with Crippen molar-refractivity contribution >= 4 is 25.7 Å². The molecule has 0 fully saturated rings. The van der Waals surface area contributed by atoms with E-state index in [2.05, 4.69) is 92.1 Å². The molecule has 0 radical (unpaired) electrons. The first-order valence-corrected chi connectivity index (χ1v) is 25.5. The predicted molar refractivity (Wildman–Crippen MR) is 254 cm³/mol. The fourth-order valence-corrected chi connectivity index (χ4v) is 6.98. The van der Waals surface area contributed by atoms with Crippen molar-refractivity contribution in [3.05, 3.63) is 72.9 Å². The molecule has 0 saturated heterocycles. The van der Waals surface area contributed by atoms with Gasteiger partial charge in [-0.05, 0) is 89.9 Å². The second-order valence-corrected chi connectivity index (χ2v) is 17.4. The van der Waals surface area contributed by atoms with Gasteiger partial charge in [-0.25, -0.2) is 9.36 Å². The van der Waals surface area contributed by atoms with E-state index in [1.807, 2.05) is 0 Å². The number of allylic oxidation sites excluding steroid dienone is 12. The van der Waals surface area contributed by atoms with Gasteiger partial charge >= 0.3 is 19.8 Å². The Balaban J connectivity index is 3.92. The topological polar surface area (TPSA) is 169 Å². The number of unbranched alkanes of at least 4 members (excludes halogenated alkanes) is 18. The van der Waals surface area contributed by atoms with Crippen molar-refractivity contribution in [3.8, 4) is 0 Å². The van der Waals surface area contributed by atoms with E-state index >= 15 is 0 Å². The number of carboxylic acids is 1. The average molecular weight is 892 g/mol. The van der Waals surface area contributed by atoms with Gasteiger partial charge in [0.2, 0.25) is 5.91 Å². The Morgan fingerprint density at radius 3 is 1.32 bits per heavy atom. The van der Waals surface area contributed by atoms with Gasteiger partial charge in [-0.2, -0.15) is 0 Å². The number of rotatable bonds is 44. The minimum Gasteiger partial charge on any atom is -0.480 e. The molecule has 3 unspecified atom stereocenters. The van der Waals surface area contributed by atoms with Crippen LogP contribution in [0.25, 0.3) is 0 Å². The van der Waals surface area contributed by atoms with E-state index in [0.717, 1.165) is 103 Å². The number of esters is 1. The average Bonchev–Trinajstić information content (AvgIpc) is 3.25. The fourth-order valence-electron chi connectivity index (χ4n) is 6.21. The molecular weight excluding hydrogens is 806 g/mol. The number of phosphoric ester groups is 1. The molecule has 62 heavy (non-hydrogen) atoms. The smallest absolute Gasteiger partial charge is 0.472 e. The summed E-state index contributed by atoms with van der Waals surface area (Å²) in [5, 5.41) is 21.9. The Morgan fingerprint density at radius 1 is 0.516 bits per heavy atom. The molecule has 0 bridgehead atoms. The number of nitrogens with one attached hydrogen (secondary N) is 1. The summed E-state index contributed by atoms with van der Waals surface area (Å²) >= 11 is 0. The summed E-state index contributed by atoms with van der Waals surface area (Å²) in [7, 11) is -4.77. The Morgan fingerprint density at radius 2 is 0.887 bits per heavy atom. The number of carbonyl (C=O) groups is 3. The molecular formula is C50H86NO10P. The number of aliphatic hydroxyl groups excluding tert-OH is 1. The maximum atomic E-state index is 12.3. The molecule has 11 nitrogen and oxygen atoms in total. The van der Waals surface area contributed by atoms with E-state index in [4.69, 9.17) is 13.8 Å². The highest BCUT2D eigenvalue weighted by atomic mass is 31.2. The zero-order valence-electron chi connectivity index (χ0n) is 38.6. The SMILES string of the molecule is CCCCC/C=C\C/C=C\C/C=C\CCCCCCCCC(=O)NC(COP(=O)(O)OCC(O)COC(=O)CCCCCCCC/C=C\C/C=C\C/C=C\CCCCC)C(=O)O. The van der Waals surface area contributed by atoms with Crippen molar-refractivity contribution in [2.75, 3.05) is 19.8 Å². The zero-order chi connectivity index (χ0) is 45.6. The van der Waals surface area contributed by atoms with Crippen LogP contribution in [0.4, 0.5) is 0 Å². The fraction of sp³-hybridized carbons (Fsp3) is 0.700. The lowest BCUT2D eigenvalue weighted by Crippen LogP contribution is -2.43. The molecule has 0 aromatic rings. The van der Waals surface area contributed by atoms with Gasteiger partial charge in [0.1, 0.15) is 12.7 Å². The van der Waals surface area contributed by atoms with Crippen molar-refractivity contribution < 1.29 is 47.8 Å². The third-order valence-corrected chi connectivity index (χ3v) is 10.9. The molecule has 356 valence electrons. The van der Waals surface area contributed by atoms with Gasteiger partial charge in [-0.3, -0.25) is 18.6 Å². The molecule has 12 heteroatoms. The standard InChI is InChI=1S/C50H86NO10P/c1-3-5-7-9-11-13-15-17-19-21-23-25-27-29-31-33-35-37-39-41-48(53)51-47(50(55)56)45-61-62(57,58)60-44-46(52)43-59-49(54)42-40-38-36-34-32-30-28-26-24-22-20-18-16-14-12-10-8-6-4-2/h11-14,17-20,23-26,46-47,52H,3-10,15-16,21-22,27-45H2,1-2H3,(H,51,53)(H,55,56)(H,57,58)/b13-11-,14-12-,19-17-,20-18-,25-23-,26-24-. The van der Waals surface area contributed by atoms with Crippen LogP contribution in [-0.4, -0.2) is 64.9 Å². The largest absolute Gasteiger partial charge is 0.480 e. The summed E-state index contributed by atoms with van der Waals surface area (Å²) < 4.78 is 26.9. The molecule has 4 N–H and O–H groups in total. The Kier molecular flexibility index (Phi) is 42.3. The number of hydrogen-bond acceptors (Lipinski definition) is 8. The lowest BCUT2D eigenvalue weighted by molar-refractivity contribution is -0.147.